The quantitative estimate of drug-likeness (QED) is 0.0701. The third-order valence-corrected chi connectivity index (χ3v) is 14.0. The lowest BCUT2D eigenvalue weighted by Gasteiger charge is -2.14. The van der Waals surface area contributed by atoms with Crippen LogP contribution in [0.25, 0.3) is 10.8 Å². The SMILES string of the molecule is CCCCCCNC(=O)c1cc(Cl)ccc1NS(=O)(=O)c1ccc(Cl)cc1.O=C(Nc1ccc(Oc2c(Cl)cc(Cl)cc2Cl)cc1)c1cc(Cl)ccc1NS(=O)(=O)c1ccc2ccccc2c1. The van der Waals surface area contributed by atoms with E-state index in [2.05, 4.69) is 27.0 Å². The van der Waals surface area contributed by atoms with E-state index in [1.165, 1.54) is 78.9 Å². The minimum Gasteiger partial charge on any atom is -0.454 e. The second-order valence-electron chi connectivity index (χ2n) is 14.6. The van der Waals surface area contributed by atoms with Crippen molar-refractivity contribution >= 4 is 129 Å². The Hall–Kier alpha value is -5.22. The fraction of sp³-hybridized carbons (Fsp3) is 0.125. The summed E-state index contributed by atoms with van der Waals surface area (Å²) < 4.78 is 62.3. The number of unbranched alkanes of at least 4 members (excludes halogenated alkanes) is 3. The first-order chi connectivity index (χ1) is 31.9. The van der Waals surface area contributed by atoms with Crippen LogP contribution in [0.5, 0.6) is 11.5 Å². The topological polar surface area (TPSA) is 160 Å². The van der Waals surface area contributed by atoms with Crippen LogP contribution in [0.3, 0.4) is 0 Å². The minimum absolute atomic E-state index is 0.0388. The summed E-state index contributed by atoms with van der Waals surface area (Å²) in [6.45, 7) is 2.64. The first kappa shape index (κ1) is 51.2. The lowest BCUT2D eigenvalue weighted by Crippen LogP contribution is -2.26. The van der Waals surface area contributed by atoms with Crippen molar-refractivity contribution < 1.29 is 31.2 Å². The molecule has 7 aromatic carbocycles. The Morgan fingerprint density at radius 2 is 1.06 bits per heavy atom. The van der Waals surface area contributed by atoms with Crippen LogP contribution in [0, 0.1) is 0 Å². The van der Waals surface area contributed by atoms with E-state index in [0.29, 0.717) is 33.0 Å². The Kier molecular flexibility index (Phi) is 17.7. The molecule has 7 rings (SSSR count). The molecule has 0 radical (unpaired) electrons. The predicted octanol–water partition coefficient (Wildman–Crippen LogP) is 14.4. The highest BCUT2D eigenvalue weighted by atomic mass is 35.5. The zero-order chi connectivity index (χ0) is 48.3. The number of rotatable bonds is 16. The molecular formula is C48H40Cl6N4O7S2. The van der Waals surface area contributed by atoms with Crippen molar-refractivity contribution in [1.82, 2.24) is 5.32 Å². The van der Waals surface area contributed by atoms with E-state index in [4.69, 9.17) is 74.3 Å². The summed E-state index contributed by atoms with van der Waals surface area (Å²) in [6.07, 6.45) is 4.12. The molecule has 0 bridgehead atoms. The summed E-state index contributed by atoms with van der Waals surface area (Å²) in [6, 6.07) is 36.2. The molecular weight excluding hydrogens is 1020 g/mol. The van der Waals surface area contributed by atoms with E-state index in [0.717, 1.165) is 36.5 Å². The average molecular weight is 1060 g/mol. The van der Waals surface area contributed by atoms with Gasteiger partial charge >= 0.3 is 0 Å². The van der Waals surface area contributed by atoms with Gasteiger partial charge in [0.1, 0.15) is 5.75 Å². The summed E-state index contributed by atoms with van der Waals surface area (Å²) in [7, 11) is -7.87. The van der Waals surface area contributed by atoms with Gasteiger partial charge in [0.25, 0.3) is 31.9 Å². The van der Waals surface area contributed by atoms with E-state index in [-0.39, 0.29) is 59.0 Å². The maximum atomic E-state index is 13.2. The summed E-state index contributed by atoms with van der Waals surface area (Å²) >= 11 is 36.3. The van der Waals surface area contributed by atoms with Crippen molar-refractivity contribution in [1.29, 1.82) is 0 Å². The number of carbonyl (C=O) groups excluding carboxylic acids is 2. The fourth-order valence-electron chi connectivity index (χ4n) is 6.34. The van der Waals surface area contributed by atoms with Gasteiger partial charge in [-0.2, -0.15) is 0 Å². The number of carbonyl (C=O) groups is 2. The Morgan fingerprint density at radius 1 is 0.522 bits per heavy atom. The van der Waals surface area contributed by atoms with Crippen LogP contribution in [0.15, 0.2) is 149 Å². The number of sulfonamides is 2. The molecule has 0 aliphatic carbocycles. The molecule has 67 heavy (non-hydrogen) atoms. The zero-order valence-corrected chi connectivity index (χ0v) is 41.4. The van der Waals surface area contributed by atoms with Gasteiger partial charge in [0, 0.05) is 32.3 Å². The smallest absolute Gasteiger partial charge is 0.261 e. The number of anilines is 3. The van der Waals surface area contributed by atoms with Gasteiger partial charge in [0.05, 0.1) is 42.3 Å². The van der Waals surface area contributed by atoms with Gasteiger partial charge in [-0.1, -0.05) is 126 Å². The molecule has 19 heteroatoms. The maximum absolute atomic E-state index is 13.2. The summed E-state index contributed by atoms with van der Waals surface area (Å²) in [4.78, 5) is 25.8. The summed E-state index contributed by atoms with van der Waals surface area (Å²) in [5.74, 6) is -0.290. The number of ether oxygens (including phenoxy) is 1. The lowest BCUT2D eigenvalue weighted by molar-refractivity contribution is 0.0953. The molecule has 0 saturated heterocycles. The molecule has 0 saturated carbocycles. The van der Waals surface area contributed by atoms with Crippen molar-refractivity contribution in [2.24, 2.45) is 0 Å². The second kappa shape index (κ2) is 23.2. The number of halogens is 6. The van der Waals surface area contributed by atoms with Crippen molar-refractivity contribution in [2.75, 3.05) is 21.3 Å². The molecule has 7 aromatic rings. The zero-order valence-electron chi connectivity index (χ0n) is 35.3. The second-order valence-corrected chi connectivity index (χ2v) is 20.6. The Labute approximate surface area is 418 Å². The predicted molar refractivity (Wildman–Crippen MR) is 272 cm³/mol. The van der Waals surface area contributed by atoms with Crippen LogP contribution in [-0.4, -0.2) is 35.2 Å². The van der Waals surface area contributed by atoms with Crippen molar-refractivity contribution in [3.63, 3.8) is 0 Å². The first-order valence-corrected chi connectivity index (χ1v) is 25.6. The van der Waals surface area contributed by atoms with E-state index < -0.39 is 26.0 Å². The molecule has 0 fully saturated rings. The van der Waals surface area contributed by atoms with Crippen LogP contribution >= 0.6 is 69.6 Å². The van der Waals surface area contributed by atoms with Gasteiger partial charge in [-0.15, -0.1) is 0 Å². The molecule has 0 heterocycles. The number of nitrogens with one attached hydrogen (secondary N) is 4. The Morgan fingerprint density at radius 3 is 1.66 bits per heavy atom. The molecule has 0 atom stereocenters. The van der Waals surface area contributed by atoms with Gasteiger partial charge in [-0.25, -0.2) is 16.8 Å². The van der Waals surface area contributed by atoms with Gasteiger partial charge in [0.2, 0.25) is 0 Å². The average Bonchev–Trinajstić information content (AvgIpc) is 3.29. The Balaban J connectivity index is 0.000000240. The van der Waals surface area contributed by atoms with Gasteiger partial charge in [-0.05, 0) is 126 Å². The van der Waals surface area contributed by atoms with Gasteiger partial charge in [-0.3, -0.25) is 19.0 Å². The van der Waals surface area contributed by atoms with Crippen molar-refractivity contribution in [2.45, 2.75) is 42.4 Å². The molecule has 0 unspecified atom stereocenters. The fourth-order valence-corrected chi connectivity index (χ4v) is 9.90. The minimum atomic E-state index is -4.01. The van der Waals surface area contributed by atoms with E-state index in [1.807, 2.05) is 24.3 Å². The van der Waals surface area contributed by atoms with Crippen LogP contribution in [0.2, 0.25) is 30.1 Å². The highest BCUT2D eigenvalue weighted by Crippen LogP contribution is 2.39. The van der Waals surface area contributed by atoms with Crippen molar-refractivity contribution in [3.8, 4) is 11.5 Å². The molecule has 0 aliphatic rings. The molecule has 11 nitrogen and oxygen atoms in total. The van der Waals surface area contributed by atoms with Crippen LogP contribution in [-0.2, 0) is 20.0 Å². The number of hydrogen-bond acceptors (Lipinski definition) is 7. The van der Waals surface area contributed by atoms with Gasteiger partial charge in [0.15, 0.2) is 5.75 Å². The third-order valence-electron chi connectivity index (χ3n) is 9.71. The number of amides is 2. The van der Waals surface area contributed by atoms with Crippen LogP contribution < -0.4 is 24.8 Å². The first-order valence-electron chi connectivity index (χ1n) is 20.3. The molecule has 2 amide bonds. The number of fused-ring (bicyclic) bond motifs is 1. The largest absolute Gasteiger partial charge is 0.454 e. The summed E-state index contributed by atoms with van der Waals surface area (Å²) in [5.41, 5.74) is 0.879. The number of benzene rings is 7. The molecule has 4 N–H and O–H groups in total. The van der Waals surface area contributed by atoms with E-state index in [9.17, 15) is 26.4 Å². The maximum Gasteiger partial charge on any atom is 0.261 e. The van der Waals surface area contributed by atoms with Crippen molar-refractivity contribution in [3.05, 3.63) is 181 Å². The summed E-state index contributed by atoms with van der Waals surface area (Å²) in [5, 5.41) is 9.14. The van der Waals surface area contributed by atoms with Crippen LogP contribution in [0.1, 0.15) is 53.3 Å². The lowest BCUT2D eigenvalue weighted by atomic mass is 10.1. The highest BCUT2D eigenvalue weighted by Gasteiger charge is 2.22. The Bertz CT molecular complexity index is 3120. The van der Waals surface area contributed by atoms with E-state index in [1.54, 1.807) is 36.4 Å². The molecule has 0 aromatic heterocycles. The normalized spacial score (nSPS) is 11.3. The molecule has 0 aliphatic heterocycles. The highest BCUT2D eigenvalue weighted by molar-refractivity contribution is 7.93. The van der Waals surface area contributed by atoms with Gasteiger partial charge < -0.3 is 15.4 Å². The monoisotopic (exact) mass is 1060 g/mol. The molecule has 348 valence electrons. The third kappa shape index (κ3) is 14.2. The number of hydrogen-bond donors (Lipinski definition) is 4. The van der Waals surface area contributed by atoms with Crippen LogP contribution in [0.4, 0.5) is 17.1 Å². The standard InChI is InChI=1S/C29H18Cl4N2O4S.C19H22Cl2N2O3S/c30-19-6-12-27(35-40(37,38)23-11-5-17-3-1-2-4-18(17)13-23)24(14-19)29(36)34-21-7-9-22(10-8-21)39-28-25(32)15-20(31)16-26(28)33;1-2-3-4-5-12-22-19(24)17-13-15(21)8-11-18(17)23-27(25,26)16-9-6-14(20)7-10-16/h1-16,35H,(H,34,36);6-11,13,23H,2-5,12H2,1H3,(H,22,24). The molecule has 0 spiro atoms. The van der Waals surface area contributed by atoms with E-state index >= 15 is 0 Å².